The van der Waals surface area contributed by atoms with Gasteiger partial charge in [0.1, 0.15) is 5.69 Å². The summed E-state index contributed by atoms with van der Waals surface area (Å²) in [7, 11) is 0. The molecule has 0 spiro atoms. The van der Waals surface area contributed by atoms with Crippen molar-refractivity contribution in [2.45, 2.75) is 13.3 Å². The lowest BCUT2D eigenvalue weighted by molar-refractivity contribution is 0.0733. The zero-order chi connectivity index (χ0) is 28.2. The van der Waals surface area contributed by atoms with E-state index in [0.717, 1.165) is 38.5 Å². The fraction of sp³-hybridized carbons (Fsp3) is 0.0645. The average Bonchev–Trinajstić information content (AvgIpc) is 3.35. The minimum atomic E-state index is -0.621. The third kappa shape index (κ3) is 5.75. The van der Waals surface area contributed by atoms with E-state index < -0.39 is 11.9 Å². The molecule has 9 heteroatoms. The van der Waals surface area contributed by atoms with Gasteiger partial charge in [-0.25, -0.2) is 10.2 Å². The highest BCUT2D eigenvalue weighted by atomic mass is 79.9. The number of amides is 1. The van der Waals surface area contributed by atoms with Crippen LogP contribution in [0.25, 0.3) is 22.0 Å². The first-order valence-corrected chi connectivity index (χ1v) is 14.3. The number of nitrogens with one attached hydrogen (secondary N) is 2. The number of nitrogens with zero attached hydrogens (tertiary/aromatic N) is 1. The number of rotatable bonds is 7. The van der Waals surface area contributed by atoms with E-state index >= 15 is 0 Å². The van der Waals surface area contributed by atoms with Gasteiger partial charge in [-0.15, -0.1) is 0 Å². The lowest BCUT2D eigenvalue weighted by atomic mass is 10.00. The van der Waals surface area contributed by atoms with Crippen molar-refractivity contribution in [2.75, 3.05) is 0 Å². The minimum Gasteiger partial charge on any atom is -0.421 e. The molecule has 0 aliphatic rings. The fourth-order valence-corrected chi connectivity index (χ4v) is 5.97. The largest absolute Gasteiger partial charge is 0.421 e. The zero-order valence-corrected chi connectivity index (χ0v) is 25.1. The number of hydrazone groups is 1. The molecule has 6 nitrogen and oxygen atoms in total. The summed E-state index contributed by atoms with van der Waals surface area (Å²) >= 11 is 13.1. The van der Waals surface area contributed by atoms with Gasteiger partial charge >= 0.3 is 5.97 Å². The molecule has 1 aromatic heterocycles. The quantitative estimate of drug-likeness (QED) is 0.0783. The number of esters is 1. The molecule has 4 aromatic carbocycles. The molecule has 0 aliphatic carbocycles. The number of ether oxygens (including phenoxy) is 1. The predicted molar refractivity (Wildman–Crippen MR) is 166 cm³/mol. The van der Waals surface area contributed by atoms with Gasteiger partial charge in [-0.2, -0.15) is 5.10 Å². The van der Waals surface area contributed by atoms with Gasteiger partial charge in [-0.1, -0.05) is 95.1 Å². The Balaban J connectivity index is 1.46. The van der Waals surface area contributed by atoms with Crippen LogP contribution in [0.1, 0.15) is 38.9 Å². The molecule has 0 fully saturated rings. The first kappa shape index (κ1) is 27.8. The van der Waals surface area contributed by atoms with Gasteiger partial charge in [0.15, 0.2) is 5.75 Å². The SMILES string of the molecule is CCc1cccc2c(-c3ccccc3)c(C(=O)NN=Cc3cc(Br)cc(Br)c3OC(=O)c3ccccc3Cl)[nH]c12. The van der Waals surface area contributed by atoms with E-state index in [4.69, 9.17) is 16.3 Å². The molecule has 2 N–H and O–H groups in total. The topological polar surface area (TPSA) is 83.5 Å². The Morgan fingerprint density at radius 1 is 1.00 bits per heavy atom. The van der Waals surface area contributed by atoms with Crippen molar-refractivity contribution in [1.82, 2.24) is 10.4 Å². The van der Waals surface area contributed by atoms with Crippen molar-refractivity contribution in [3.63, 3.8) is 0 Å². The Kier molecular flexibility index (Phi) is 8.49. The van der Waals surface area contributed by atoms with Gasteiger partial charge in [0.25, 0.3) is 5.91 Å². The van der Waals surface area contributed by atoms with E-state index in [1.165, 1.54) is 6.21 Å². The molecule has 0 unspecified atom stereocenters. The van der Waals surface area contributed by atoms with Crippen LogP contribution in [0.4, 0.5) is 0 Å². The van der Waals surface area contributed by atoms with Crippen molar-refractivity contribution in [3.05, 3.63) is 121 Å². The van der Waals surface area contributed by atoms with E-state index in [-0.39, 0.29) is 16.3 Å². The number of halogens is 3. The maximum absolute atomic E-state index is 13.4. The molecule has 1 heterocycles. The van der Waals surface area contributed by atoms with E-state index in [1.807, 2.05) is 48.5 Å². The molecule has 5 aromatic rings. The number of aromatic nitrogens is 1. The average molecular weight is 680 g/mol. The van der Waals surface area contributed by atoms with E-state index in [1.54, 1.807) is 36.4 Å². The molecular formula is C31H22Br2ClN3O3. The monoisotopic (exact) mass is 677 g/mol. The number of carbonyl (C=O) groups is 2. The van der Waals surface area contributed by atoms with Crippen LogP contribution in [0.2, 0.25) is 5.02 Å². The summed E-state index contributed by atoms with van der Waals surface area (Å²) in [6.45, 7) is 2.08. The summed E-state index contributed by atoms with van der Waals surface area (Å²) in [5, 5.41) is 5.44. The number of aromatic amines is 1. The minimum absolute atomic E-state index is 0.230. The maximum Gasteiger partial charge on any atom is 0.345 e. The Morgan fingerprint density at radius 2 is 1.75 bits per heavy atom. The number of carbonyl (C=O) groups excluding carboxylic acids is 2. The van der Waals surface area contributed by atoms with E-state index in [0.29, 0.717) is 15.7 Å². The van der Waals surface area contributed by atoms with Crippen LogP contribution in [0.15, 0.2) is 99.0 Å². The molecule has 0 radical (unpaired) electrons. The summed E-state index contributed by atoms with van der Waals surface area (Å²) in [5.74, 6) is -0.795. The first-order valence-electron chi connectivity index (χ1n) is 12.4. The Labute approximate surface area is 252 Å². The molecule has 0 aliphatic heterocycles. The number of hydrogen-bond donors (Lipinski definition) is 2. The number of H-pyrrole nitrogens is 1. The lowest BCUT2D eigenvalue weighted by Gasteiger charge is -2.11. The highest BCUT2D eigenvalue weighted by molar-refractivity contribution is 9.11. The molecule has 1 amide bonds. The number of benzene rings is 4. The number of aryl methyl sites for hydroxylation is 1. The number of hydrogen-bond acceptors (Lipinski definition) is 4. The van der Waals surface area contributed by atoms with Crippen LogP contribution in [0.3, 0.4) is 0 Å². The van der Waals surface area contributed by atoms with Crippen molar-refractivity contribution in [1.29, 1.82) is 0 Å². The molecule has 40 heavy (non-hydrogen) atoms. The van der Waals surface area contributed by atoms with E-state index in [2.05, 4.69) is 54.3 Å². The van der Waals surface area contributed by atoms with Crippen LogP contribution < -0.4 is 10.2 Å². The lowest BCUT2D eigenvalue weighted by Crippen LogP contribution is -2.19. The standard InChI is InChI=1S/C31H22Br2ClN3O3/c1-2-18-11-8-13-23-26(19-9-4-3-5-10-19)28(36-27(18)23)30(38)37-35-17-20-15-21(32)16-24(33)29(20)40-31(39)22-12-6-7-14-25(22)34/h3-17,36H,2H2,1H3,(H,37,38). The molecule has 0 saturated heterocycles. The molecular weight excluding hydrogens is 658 g/mol. The zero-order valence-electron chi connectivity index (χ0n) is 21.2. The summed E-state index contributed by atoms with van der Waals surface area (Å²) < 4.78 is 6.92. The third-order valence-corrected chi connectivity index (χ3v) is 7.66. The van der Waals surface area contributed by atoms with Crippen LogP contribution in [-0.2, 0) is 6.42 Å². The highest BCUT2D eigenvalue weighted by Crippen LogP contribution is 2.35. The predicted octanol–water partition coefficient (Wildman–Crippen LogP) is 8.56. The molecule has 0 atom stereocenters. The molecule has 0 saturated carbocycles. The summed E-state index contributed by atoms with van der Waals surface area (Å²) in [4.78, 5) is 29.6. The van der Waals surface area contributed by atoms with Gasteiger partial charge in [0.2, 0.25) is 0 Å². The Hall–Kier alpha value is -3.72. The van der Waals surface area contributed by atoms with Crippen LogP contribution in [-0.4, -0.2) is 23.1 Å². The Bertz CT molecular complexity index is 1770. The fourth-order valence-electron chi connectivity index (χ4n) is 4.42. The van der Waals surface area contributed by atoms with Gasteiger partial charge < -0.3 is 9.72 Å². The molecule has 0 bridgehead atoms. The van der Waals surface area contributed by atoms with Crippen LogP contribution >= 0.6 is 43.5 Å². The smallest absolute Gasteiger partial charge is 0.345 e. The van der Waals surface area contributed by atoms with Gasteiger partial charge in [0, 0.05) is 26.5 Å². The van der Waals surface area contributed by atoms with Crippen molar-refractivity contribution in [2.24, 2.45) is 5.10 Å². The second-order valence-electron chi connectivity index (χ2n) is 8.81. The number of para-hydroxylation sites is 1. The second kappa shape index (κ2) is 12.2. The van der Waals surface area contributed by atoms with Crippen molar-refractivity contribution >= 4 is 72.5 Å². The summed E-state index contributed by atoms with van der Waals surface area (Å²) in [5.41, 5.74) is 7.46. The van der Waals surface area contributed by atoms with Crippen molar-refractivity contribution < 1.29 is 14.3 Å². The van der Waals surface area contributed by atoms with Gasteiger partial charge in [-0.05, 0) is 57.7 Å². The maximum atomic E-state index is 13.4. The molecule has 200 valence electrons. The second-order valence-corrected chi connectivity index (χ2v) is 11.0. The van der Waals surface area contributed by atoms with Crippen LogP contribution in [0, 0.1) is 0 Å². The Morgan fingerprint density at radius 3 is 2.50 bits per heavy atom. The summed E-state index contributed by atoms with van der Waals surface area (Å²) in [6.07, 6.45) is 2.24. The molecule has 5 rings (SSSR count). The van der Waals surface area contributed by atoms with Gasteiger partial charge in [-0.3, -0.25) is 4.79 Å². The highest BCUT2D eigenvalue weighted by Gasteiger charge is 2.21. The van der Waals surface area contributed by atoms with Crippen molar-refractivity contribution in [3.8, 4) is 16.9 Å². The number of fused-ring (bicyclic) bond motifs is 1. The summed E-state index contributed by atoms with van der Waals surface area (Å²) in [6, 6.07) is 25.9. The van der Waals surface area contributed by atoms with Crippen LogP contribution in [0.5, 0.6) is 5.75 Å². The van der Waals surface area contributed by atoms with E-state index in [9.17, 15) is 9.59 Å². The normalized spacial score (nSPS) is 11.2. The third-order valence-electron chi connectivity index (χ3n) is 6.29. The first-order chi connectivity index (χ1) is 19.4. The van der Waals surface area contributed by atoms with Gasteiger partial charge in [0.05, 0.1) is 21.3 Å².